The lowest BCUT2D eigenvalue weighted by atomic mass is 10.1. The van der Waals surface area contributed by atoms with Gasteiger partial charge in [0.2, 0.25) is 5.91 Å². The minimum absolute atomic E-state index is 0.138. The van der Waals surface area contributed by atoms with Gasteiger partial charge in [-0.3, -0.25) is 19.4 Å². The van der Waals surface area contributed by atoms with Gasteiger partial charge in [0.15, 0.2) is 5.16 Å². The molecule has 0 saturated carbocycles. The van der Waals surface area contributed by atoms with E-state index in [0.29, 0.717) is 27.5 Å². The first kappa shape index (κ1) is 21.4. The van der Waals surface area contributed by atoms with Gasteiger partial charge in [-0.05, 0) is 43.2 Å². The third-order valence-electron chi connectivity index (χ3n) is 4.47. The number of halogens is 1. The van der Waals surface area contributed by atoms with Crippen molar-refractivity contribution in [2.75, 3.05) is 5.75 Å². The van der Waals surface area contributed by atoms with Crippen LogP contribution in [0.1, 0.15) is 32.1 Å². The van der Waals surface area contributed by atoms with Crippen molar-refractivity contribution in [1.29, 1.82) is 0 Å². The van der Waals surface area contributed by atoms with Crippen LogP contribution < -0.4 is 11.0 Å². The van der Waals surface area contributed by atoms with Gasteiger partial charge in [-0.15, -0.1) is 0 Å². The van der Waals surface area contributed by atoms with Crippen LogP contribution in [0.5, 0.6) is 0 Å². The van der Waals surface area contributed by atoms with Crippen LogP contribution in [0, 0.1) is 0 Å². The van der Waals surface area contributed by atoms with Gasteiger partial charge in [0.05, 0.1) is 16.6 Å². The van der Waals surface area contributed by atoms with Crippen LogP contribution >= 0.6 is 23.4 Å². The van der Waals surface area contributed by atoms with Gasteiger partial charge in [0, 0.05) is 17.2 Å². The van der Waals surface area contributed by atoms with Crippen molar-refractivity contribution in [3.05, 3.63) is 63.9 Å². The number of fused-ring (bicyclic) bond motifs is 1. The molecule has 3 aromatic rings. The van der Waals surface area contributed by atoms with Gasteiger partial charge in [-0.1, -0.05) is 54.4 Å². The molecule has 6 nitrogen and oxygen atoms in total. The lowest BCUT2D eigenvalue weighted by molar-refractivity contribution is -0.129. The van der Waals surface area contributed by atoms with Crippen molar-refractivity contribution in [1.82, 2.24) is 15.0 Å². The molecule has 1 amide bonds. The fraction of sp³-hybridized carbons (Fsp3) is 0.286. The van der Waals surface area contributed by atoms with E-state index in [-0.39, 0.29) is 11.5 Å². The minimum atomic E-state index is -0.355. The predicted molar refractivity (Wildman–Crippen MR) is 116 cm³/mol. The van der Waals surface area contributed by atoms with Crippen molar-refractivity contribution in [2.24, 2.45) is 0 Å². The average molecular weight is 432 g/mol. The van der Waals surface area contributed by atoms with E-state index < -0.39 is 0 Å². The summed E-state index contributed by atoms with van der Waals surface area (Å²) in [4.78, 5) is 28.9. The SMILES string of the molecule is O=C(CCCCCCSc1nc2ccc(Cl)cc2c(=O)n1-c1ccccc1)NO. The number of hydrogen-bond acceptors (Lipinski definition) is 5. The van der Waals surface area contributed by atoms with Gasteiger partial charge in [-0.2, -0.15) is 0 Å². The second-order valence-corrected chi connectivity index (χ2v) is 8.08. The summed E-state index contributed by atoms with van der Waals surface area (Å²) in [5.74, 6) is 0.455. The first-order chi connectivity index (χ1) is 14.1. The molecule has 0 spiro atoms. The largest absolute Gasteiger partial charge is 0.289 e. The molecule has 0 aliphatic carbocycles. The summed E-state index contributed by atoms with van der Waals surface area (Å²) in [6.45, 7) is 0. The average Bonchev–Trinajstić information content (AvgIpc) is 2.74. The summed E-state index contributed by atoms with van der Waals surface area (Å²) in [5, 5.41) is 10.1. The monoisotopic (exact) mass is 431 g/mol. The number of benzene rings is 2. The number of hydrogen-bond donors (Lipinski definition) is 2. The maximum Gasteiger partial charge on any atom is 0.266 e. The number of para-hydroxylation sites is 1. The summed E-state index contributed by atoms with van der Waals surface area (Å²) in [7, 11) is 0. The summed E-state index contributed by atoms with van der Waals surface area (Å²) >= 11 is 7.63. The molecule has 1 aromatic heterocycles. The lowest BCUT2D eigenvalue weighted by Crippen LogP contribution is -2.21. The van der Waals surface area contributed by atoms with Crippen LogP contribution in [0.2, 0.25) is 5.02 Å². The highest BCUT2D eigenvalue weighted by Crippen LogP contribution is 2.24. The van der Waals surface area contributed by atoms with Crippen molar-refractivity contribution >= 4 is 40.2 Å². The summed E-state index contributed by atoms with van der Waals surface area (Å²) in [5.41, 5.74) is 2.90. The van der Waals surface area contributed by atoms with Gasteiger partial charge >= 0.3 is 0 Å². The molecular weight excluding hydrogens is 410 g/mol. The van der Waals surface area contributed by atoms with Crippen LogP contribution in [0.4, 0.5) is 0 Å². The Kier molecular flexibility index (Phi) is 7.69. The zero-order chi connectivity index (χ0) is 20.6. The Morgan fingerprint density at radius 2 is 1.86 bits per heavy atom. The Balaban J connectivity index is 1.75. The highest BCUT2D eigenvalue weighted by molar-refractivity contribution is 7.99. The number of nitrogens with zero attached hydrogens (tertiary/aromatic N) is 2. The molecule has 0 aliphatic heterocycles. The second-order valence-electron chi connectivity index (χ2n) is 6.58. The summed E-state index contributed by atoms with van der Waals surface area (Å²) in [6.07, 6.45) is 3.87. The number of nitrogens with one attached hydrogen (secondary N) is 1. The highest BCUT2D eigenvalue weighted by Gasteiger charge is 2.13. The molecule has 3 rings (SSSR count). The first-order valence-electron chi connectivity index (χ1n) is 9.43. The fourth-order valence-corrected chi connectivity index (χ4v) is 4.18. The van der Waals surface area contributed by atoms with E-state index in [1.807, 2.05) is 30.3 Å². The molecule has 0 unspecified atom stereocenters. The van der Waals surface area contributed by atoms with Gasteiger partial charge in [0.1, 0.15) is 0 Å². The molecule has 0 fully saturated rings. The molecule has 1 heterocycles. The highest BCUT2D eigenvalue weighted by atomic mass is 35.5. The quantitative estimate of drug-likeness (QED) is 0.170. The third-order valence-corrected chi connectivity index (χ3v) is 5.73. The molecule has 0 aliphatic rings. The predicted octanol–water partition coefficient (Wildman–Crippen LogP) is 4.59. The number of thioether (sulfide) groups is 1. The van der Waals surface area contributed by atoms with Crippen molar-refractivity contribution in [3.63, 3.8) is 0 Å². The van der Waals surface area contributed by atoms with Crippen LogP contribution in [0.3, 0.4) is 0 Å². The Morgan fingerprint density at radius 1 is 1.10 bits per heavy atom. The maximum atomic E-state index is 13.2. The third kappa shape index (κ3) is 5.59. The van der Waals surface area contributed by atoms with Crippen LogP contribution in [-0.4, -0.2) is 26.4 Å². The van der Waals surface area contributed by atoms with E-state index in [1.165, 1.54) is 0 Å². The van der Waals surface area contributed by atoms with E-state index >= 15 is 0 Å². The molecule has 29 heavy (non-hydrogen) atoms. The topological polar surface area (TPSA) is 84.2 Å². The smallest absolute Gasteiger partial charge is 0.266 e. The Bertz CT molecular complexity index is 1040. The molecule has 8 heteroatoms. The summed E-state index contributed by atoms with van der Waals surface area (Å²) in [6, 6.07) is 14.6. The Morgan fingerprint density at radius 3 is 2.62 bits per heavy atom. The summed E-state index contributed by atoms with van der Waals surface area (Å²) < 4.78 is 1.63. The number of carbonyl (C=O) groups is 1. The molecule has 2 N–H and O–H groups in total. The number of rotatable bonds is 9. The molecule has 152 valence electrons. The molecule has 0 saturated heterocycles. The second kappa shape index (κ2) is 10.4. The molecule has 2 aromatic carbocycles. The molecule has 0 atom stereocenters. The minimum Gasteiger partial charge on any atom is -0.289 e. The van der Waals surface area contributed by atoms with Crippen LogP contribution in [0.15, 0.2) is 58.5 Å². The number of aromatic nitrogens is 2. The standard InChI is InChI=1S/C21H22ClN3O3S/c22-15-11-12-18-17(14-15)20(27)25(16-8-4-3-5-9-16)21(23-18)29-13-7-2-1-6-10-19(26)24-28/h3-5,8-9,11-12,14,28H,1-2,6-7,10,13H2,(H,24,26). The number of hydroxylamine groups is 1. The zero-order valence-corrected chi connectivity index (χ0v) is 17.4. The molecule has 0 radical (unpaired) electrons. The maximum absolute atomic E-state index is 13.2. The van der Waals surface area contributed by atoms with E-state index in [0.717, 1.165) is 37.1 Å². The number of carbonyl (C=O) groups excluding carboxylic acids is 1. The van der Waals surface area contributed by atoms with Crippen molar-refractivity contribution in [3.8, 4) is 5.69 Å². The van der Waals surface area contributed by atoms with E-state index in [1.54, 1.807) is 40.0 Å². The van der Waals surface area contributed by atoms with Gasteiger partial charge < -0.3 is 0 Å². The Labute approximate surface area is 177 Å². The van der Waals surface area contributed by atoms with Gasteiger partial charge in [-0.25, -0.2) is 10.5 Å². The van der Waals surface area contributed by atoms with E-state index in [2.05, 4.69) is 0 Å². The zero-order valence-electron chi connectivity index (χ0n) is 15.8. The fourth-order valence-electron chi connectivity index (χ4n) is 3.00. The molecular formula is C21H22ClN3O3S. The van der Waals surface area contributed by atoms with E-state index in [9.17, 15) is 9.59 Å². The van der Waals surface area contributed by atoms with Gasteiger partial charge in [0.25, 0.3) is 5.56 Å². The first-order valence-corrected chi connectivity index (χ1v) is 10.8. The number of amides is 1. The van der Waals surface area contributed by atoms with Crippen molar-refractivity contribution < 1.29 is 10.0 Å². The normalized spacial score (nSPS) is 11.0. The molecule has 0 bridgehead atoms. The van der Waals surface area contributed by atoms with E-state index in [4.69, 9.17) is 21.8 Å². The Hall–Kier alpha value is -2.35. The lowest BCUT2D eigenvalue weighted by Gasteiger charge is -2.13. The van der Waals surface area contributed by atoms with Crippen LogP contribution in [0.25, 0.3) is 16.6 Å². The van der Waals surface area contributed by atoms with Crippen LogP contribution in [-0.2, 0) is 4.79 Å². The van der Waals surface area contributed by atoms with Crippen molar-refractivity contribution in [2.45, 2.75) is 37.3 Å². The number of unbranched alkanes of at least 4 members (excludes halogenated alkanes) is 3.